The molecule has 160 valence electrons. The Balaban J connectivity index is 1.62. The van der Waals surface area contributed by atoms with Crippen LogP contribution in [0.2, 0.25) is 0 Å². The van der Waals surface area contributed by atoms with E-state index >= 15 is 0 Å². The van der Waals surface area contributed by atoms with E-state index < -0.39 is 0 Å². The first kappa shape index (κ1) is 22.6. The lowest BCUT2D eigenvalue weighted by Crippen LogP contribution is -2.30. The van der Waals surface area contributed by atoms with E-state index in [2.05, 4.69) is 29.6 Å². The number of nitrogens with zero attached hydrogens (tertiary/aromatic N) is 1. The summed E-state index contributed by atoms with van der Waals surface area (Å²) in [6.07, 6.45) is 0. The first-order valence-corrected chi connectivity index (χ1v) is 11.6. The van der Waals surface area contributed by atoms with Gasteiger partial charge in [0.25, 0.3) is 5.91 Å². The summed E-state index contributed by atoms with van der Waals surface area (Å²) in [4.78, 5) is 26.8. The molecule has 4 nitrogen and oxygen atoms in total. The molecular weight excluding hydrogens is 404 g/mol. The fourth-order valence-electron chi connectivity index (χ4n) is 3.39. The molecule has 5 heteroatoms. The number of hydrogen-bond donors (Lipinski definition) is 1. The minimum atomic E-state index is -0.0651. The van der Waals surface area contributed by atoms with Gasteiger partial charge in [-0.25, -0.2) is 0 Å². The molecule has 3 aromatic rings. The highest BCUT2D eigenvalue weighted by atomic mass is 32.2. The van der Waals surface area contributed by atoms with Crippen molar-refractivity contribution in [3.05, 3.63) is 102 Å². The van der Waals surface area contributed by atoms with Gasteiger partial charge in [0.15, 0.2) is 0 Å². The minimum Gasteiger partial charge on any atom is -0.339 e. The van der Waals surface area contributed by atoms with Crippen molar-refractivity contribution in [2.24, 2.45) is 0 Å². The largest absolute Gasteiger partial charge is 0.339 e. The van der Waals surface area contributed by atoms with Crippen LogP contribution in [0.4, 0.5) is 5.69 Å². The zero-order valence-electron chi connectivity index (χ0n) is 18.0. The highest BCUT2D eigenvalue weighted by Crippen LogP contribution is 2.35. The predicted molar refractivity (Wildman–Crippen MR) is 130 cm³/mol. The number of amides is 2. The maximum atomic E-state index is 12.6. The van der Waals surface area contributed by atoms with Gasteiger partial charge in [0.05, 0.1) is 11.0 Å². The number of carbonyl (C=O) groups excluding carboxylic acids is 2. The molecule has 0 fully saturated rings. The van der Waals surface area contributed by atoms with E-state index in [9.17, 15) is 9.59 Å². The van der Waals surface area contributed by atoms with E-state index in [0.717, 1.165) is 0 Å². The molecule has 2 amide bonds. The third-order valence-electron chi connectivity index (χ3n) is 5.05. The number of anilines is 1. The van der Waals surface area contributed by atoms with Gasteiger partial charge < -0.3 is 10.2 Å². The van der Waals surface area contributed by atoms with Crippen LogP contribution >= 0.6 is 11.8 Å². The number of hydrogen-bond acceptors (Lipinski definition) is 3. The number of benzene rings is 3. The van der Waals surface area contributed by atoms with Crippen LogP contribution in [0, 0.1) is 0 Å². The Labute approximate surface area is 188 Å². The van der Waals surface area contributed by atoms with Crippen molar-refractivity contribution in [1.82, 2.24) is 4.90 Å². The zero-order valence-corrected chi connectivity index (χ0v) is 18.8. The average Bonchev–Trinajstić information content (AvgIpc) is 2.82. The second-order valence-electron chi connectivity index (χ2n) is 7.12. The lowest BCUT2D eigenvalue weighted by Gasteiger charge is -2.19. The van der Waals surface area contributed by atoms with Crippen LogP contribution in [0.1, 0.15) is 40.6 Å². The van der Waals surface area contributed by atoms with E-state index in [1.165, 1.54) is 11.1 Å². The molecular formula is C26H28N2O2S. The first-order valence-electron chi connectivity index (χ1n) is 10.5. The second-order valence-corrected chi connectivity index (χ2v) is 8.21. The summed E-state index contributed by atoms with van der Waals surface area (Å²) in [7, 11) is 0. The maximum Gasteiger partial charge on any atom is 0.253 e. The molecule has 0 spiro atoms. The third-order valence-corrected chi connectivity index (χ3v) is 6.36. The molecule has 0 atom stereocenters. The van der Waals surface area contributed by atoms with E-state index in [0.29, 0.717) is 30.1 Å². The van der Waals surface area contributed by atoms with Crippen molar-refractivity contribution in [2.45, 2.75) is 19.1 Å². The number of thioether (sulfide) groups is 1. The Morgan fingerprint density at radius 1 is 0.806 bits per heavy atom. The van der Waals surface area contributed by atoms with E-state index in [-0.39, 0.29) is 17.1 Å². The van der Waals surface area contributed by atoms with Gasteiger partial charge in [0, 0.05) is 24.3 Å². The highest BCUT2D eigenvalue weighted by molar-refractivity contribution is 8.00. The molecule has 0 aromatic heterocycles. The summed E-state index contributed by atoms with van der Waals surface area (Å²) < 4.78 is 0. The van der Waals surface area contributed by atoms with Crippen LogP contribution in [0.25, 0.3) is 0 Å². The molecule has 1 N–H and O–H groups in total. The molecule has 0 aliphatic heterocycles. The molecule has 3 rings (SSSR count). The summed E-state index contributed by atoms with van der Waals surface area (Å²) in [5.74, 6) is 0.269. The summed E-state index contributed by atoms with van der Waals surface area (Å²) >= 11 is 1.60. The fourth-order valence-corrected chi connectivity index (χ4v) is 4.48. The summed E-state index contributed by atoms with van der Waals surface area (Å²) in [6, 6.07) is 27.5. The molecule has 0 saturated carbocycles. The number of nitrogens with one attached hydrogen (secondary N) is 1. The Kier molecular flexibility index (Phi) is 8.30. The molecule has 0 aliphatic carbocycles. The summed E-state index contributed by atoms with van der Waals surface area (Å²) in [6.45, 7) is 5.28. The van der Waals surface area contributed by atoms with E-state index in [4.69, 9.17) is 0 Å². The van der Waals surface area contributed by atoms with Gasteiger partial charge in [-0.15, -0.1) is 11.8 Å². The van der Waals surface area contributed by atoms with Gasteiger partial charge in [-0.3, -0.25) is 9.59 Å². The van der Waals surface area contributed by atoms with Gasteiger partial charge in [-0.05, 0) is 49.2 Å². The van der Waals surface area contributed by atoms with Crippen LogP contribution in [0.3, 0.4) is 0 Å². The first-order chi connectivity index (χ1) is 15.1. The highest BCUT2D eigenvalue weighted by Gasteiger charge is 2.17. The Bertz CT molecular complexity index is 932. The number of carbonyl (C=O) groups is 2. The molecule has 0 unspecified atom stereocenters. The van der Waals surface area contributed by atoms with Crippen LogP contribution in [-0.2, 0) is 4.79 Å². The van der Waals surface area contributed by atoms with Crippen molar-refractivity contribution in [2.75, 3.05) is 24.2 Å². The molecule has 0 radical (unpaired) electrons. The second kappa shape index (κ2) is 11.4. The van der Waals surface area contributed by atoms with Gasteiger partial charge >= 0.3 is 0 Å². The summed E-state index contributed by atoms with van der Waals surface area (Å²) in [5, 5.41) is 3.02. The lowest BCUT2D eigenvalue weighted by atomic mass is 10.0. The lowest BCUT2D eigenvalue weighted by molar-refractivity contribution is -0.113. The Morgan fingerprint density at radius 2 is 1.32 bits per heavy atom. The van der Waals surface area contributed by atoms with Crippen molar-refractivity contribution in [1.29, 1.82) is 0 Å². The molecule has 0 saturated heterocycles. The average molecular weight is 433 g/mol. The van der Waals surface area contributed by atoms with Gasteiger partial charge in [0.1, 0.15) is 0 Å². The smallest absolute Gasteiger partial charge is 0.253 e. The molecule has 31 heavy (non-hydrogen) atoms. The van der Waals surface area contributed by atoms with Crippen molar-refractivity contribution < 1.29 is 9.59 Å². The monoisotopic (exact) mass is 432 g/mol. The fraction of sp³-hybridized carbons (Fsp3) is 0.231. The van der Waals surface area contributed by atoms with Crippen molar-refractivity contribution in [3.8, 4) is 0 Å². The SMILES string of the molecule is CCN(CC)C(=O)c1ccc(NC(=O)CSC(c2ccccc2)c2ccccc2)cc1. The molecule has 0 aliphatic rings. The van der Waals surface area contributed by atoms with Gasteiger partial charge in [-0.2, -0.15) is 0 Å². The zero-order chi connectivity index (χ0) is 22.1. The van der Waals surface area contributed by atoms with Crippen LogP contribution in [0.5, 0.6) is 0 Å². The number of rotatable bonds is 9. The van der Waals surface area contributed by atoms with Gasteiger partial charge in [0.2, 0.25) is 5.91 Å². The quantitative estimate of drug-likeness (QED) is 0.477. The third kappa shape index (κ3) is 6.22. The topological polar surface area (TPSA) is 49.4 Å². The molecule has 0 heterocycles. The predicted octanol–water partition coefficient (Wildman–Crippen LogP) is 5.63. The Hall–Kier alpha value is -3.05. The normalized spacial score (nSPS) is 10.7. The van der Waals surface area contributed by atoms with E-state index in [1.807, 2.05) is 50.2 Å². The Morgan fingerprint density at radius 3 is 1.81 bits per heavy atom. The molecule has 0 bridgehead atoms. The van der Waals surface area contributed by atoms with Crippen LogP contribution in [0.15, 0.2) is 84.9 Å². The maximum absolute atomic E-state index is 12.6. The van der Waals surface area contributed by atoms with Gasteiger partial charge in [-0.1, -0.05) is 60.7 Å². The molecule has 3 aromatic carbocycles. The minimum absolute atomic E-state index is 0.00648. The van der Waals surface area contributed by atoms with E-state index in [1.54, 1.807) is 40.9 Å². The van der Waals surface area contributed by atoms with Crippen LogP contribution in [-0.4, -0.2) is 35.6 Å². The summed E-state index contributed by atoms with van der Waals surface area (Å²) in [5.41, 5.74) is 3.67. The van der Waals surface area contributed by atoms with Crippen LogP contribution < -0.4 is 5.32 Å². The van der Waals surface area contributed by atoms with Crippen molar-refractivity contribution >= 4 is 29.3 Å². The standard InChI is InChI=1S/C26H28N2O2S/c1-3-28(4-2)26(30)22-15-17-23(18-16-22)27-24(29)19-31-25(20-11-7-5-8-12-20)21-13-9-6-10-14-21/h5-18,25H,3-4,19H2,1-2H3,(H,27,29). The van der Waals surface area contributed by atoms with Crippen molar-refractivity contribution in [3.63, 3.8) is 0 Å².